The monoisotopic (exact) mass is 368 g/mol. The zero-order valence-corrected chi connectivity index (χ0v) is 15.6. The number of aliphatic hydroxyl groups excluding tert-OH is 1. The molecule has 0 bridgehead atoms. The highest BCUT2D eigenvalue weighted by Gasteiger charge is 2.31. The molecule has 3 heterocycles. The summed E-state index contributed by atoms with van der Waals surface area (Å²) < 4.78 is 0. The number of aromatic nitrogens is 3. The fraction of sp³-hybridized carbons (Fsp3) is 0.450. The molecule has 0 aromatic carbocycles. The Morgan fingerprint density at radius 1 is 1.12 bits per heavy atom. The van der Waals surface area contributed by atoms with Gasteiger partial charge in [-0.15, -0.1) is 11.3 Å². The SMILES string of the molecule is OCCC1(CNc2nc(-c3ccccn3)nc3sccc23)CCCCC1. The Morgan fingerprint density at radius 3 is 2.77 bits per heavy atom. The predicted molar refractivity (Wildman–Crippen MR) is 106 cm³/mol. The van der Waals surface area contributed by atoms with Crippen molar-refractivity contribution >= 4 is 27.4 Å². The Balaban J connectivity index is 1.64. The topological polar surface area (TPSA) is 70.9 Å². The molecule has 1 fully saturated rings. The number of hydrogen-bond donors (Lipinski definition) is 2. The van der Waals surface area contributed by atoms with Crippen LogP contribution in [0, 0.1) is 5.41 Å². The number of pyridine rings is 1. The number of hydrogen-bond acceptors (Lipinski definition) is 6. The molecule has 0 spiro atoms. The molecule has 0 atom stereocenters. The van der Waals surface area contributed by atoms with Crippen LogP contribution in [0.3, 0.4) is 0 Å². The molecule has 3 aromatic heterocycles. The van der Waals surface area contributed by atoms with E-state index in [9.17, 15) is 5.11 Å². The Morgan fingerprint density at radius 2 is 2.00 bits per heavy atom. The maximum Gasteiger partial charge on any atom is 0.181 e. The minimum atomic E-state index is 0.172. The molecule has 6 heteroatoms. The van der Waals surface area contributed by atoms with Gasteiger partial charge < -0.3 is 10.4 Å². The second kappa shape index (κ2) is 7.68. The van der Waals surface area contributed by atoms with E-state index in [0.29, 0.717) is 5.82 Å². The largest absolute Gasteiger partial charge is 0.396 e. The molecule has 0 aliphatic heterocycles. The summed E-state index contributed by atoms with van der Waals surface area (Å²) >= 11 is 1.62. The van der Waals surface area contributed by atoms with Crippen molar-refractivity contribution in [3.8, 4) is 11.5 Å². The van der Waals surface area contributed by atoms with Crippen LogP contribution in [-0.4, -0.2) is 33.2 Å². The van der Waals surface area contributed by atoms with Gasteiger partial charge in [0, 0.05) is 19.3 Å². The molecule has 0 amide bonds. The number of fused-ring (bicyclic) bond motifs is 1. The number of aliphatic hydroxyl groups is 1. The lowest BCUT2D eigenvalue weighted by atomic mass is 9.72. The molecule has 26 heavy (non-hydrogen) atoms. The highest BCUT2D eigenvalue weighted by Crippen LogP contribution is 2.39. The Labute approximate surface area is 157 Å². The molecule has 1 aliphatic carbocycles. The third-order valence-electron chi connectivity index (χ3n) is 5.41. The first-order chi connectivity index (χ1) is 12.8. The zero-order chi connectivity index (χ0) is 17.8. The summed E-state index contributed by atoms with van der Waals surface area (Å²) in [5.41, 5.74) is 0.958. The lowest BCUT2D eigenvalue weighted by Gasteiger charge is -2.37. The Bertz CT molecular complexity index is 853. The molecule has 1 saturated carbocycles. The Hall–Kier alpha value is -2.05. The van der Waals surface area contributed by atoms with Crippen molar-refractivity contribution in [1.82, 2.24) is 15.0 Å². The summed E-state index contributed by atoms with van der Waals surface area (Å²) in [6, 6.07) is 7.86. The van der Waals surface area contributed by atoms with Gasteiger partial charge in [0.05, 0.1) is 5.39 Å². The van der Waals surface area contributed by atoms with Crippen LogP contribution >= 0.6 is 11.3 Å². The standard InChI is InChI=1S/C20H24N4OS/c25-12-10-20(8-3-1-4-9-20)14-22-17-15-7-13-26-19(15)24-18(23-17)16-6-2-5-11-21-16/h2,5-7,11,13,25H,1,3-4,8-10,12,14H2,(H,22,23,24). The first-order valence-corrected chi connectivity index (χ1v) is 10.2. The van der Waals surface area contributed by atoms with E-state index in [2.05, 4.69) is 26.7 Å². The minimum Gasteiger partial charge on any atom is -0.396 e. The van der Waals surface area contributed by atoms with Crippen LogP contribution < -0.4 is 5.32 Å². The molecule has 1 aliphatic rings. The van der Waals surface area contributed by atoms with Crippen molar-refractivity contribution in [3.05, 3.63) is 35.8 Å². The van der Waals surface area contributed by atoms with E-state index in [1.165, 1.54) is 32.1 Å². The van der Waals surface area contributed by atoms with Gasteiger partial charge in [-0.05, 0) is 48.3 Å². The maximum atomic E-state index is 9.55. The average Bonchev–Trinajstić information content (AvgIpc) is 3.17. The molecular weight excluding hydrogens is 344 g/mol. The summed E-state index contributed by atoms with van der Waals surface area (Å²) in [4.78, 5) is 14.8. The minimum absolute atomic E-state index is 0.172. The van der Waals surface area contributed by atoms with Crippen LogP contribution in [0.4, 0.5) is 5.82 Å². The molecular formula is C20H24N4OS. The van der Waals surface area contributed by atoms with Crippen molar-refractivity contribution in [2.75, 3.05) is 18.5 Å². The zero-order valence-electron chi connectivity index (χ0n) is 14.8. The summed E-state index contributed by atoms with van der Waals surface area (Å²) in [5, 5.41) is 16.3. The second-order valence-corrected chi connectivity index (χ2v) is 8.03. The normalized spacial score (nSPS) is 16.7. The molecule has 136 valence electrons. The lowest BCUT2D eigenvalue weighted by molar-refractivity contribution is 0.141. The highest BCUT2D eigenvalue weighted by atomic mass is 32.1. The van der Waals surface area contributed by atoms with Crippen molar-refractivity contribution < 1.29 is 5.11 Å². The van der Waals surface area contributed by atoms with Crippen LogP contribution in [0.1, 0.15) is 38.5 Å². The van der Waals surface area contributed by atoms with Crippen LogP contribution in [0.5, 0.6) is 0 Å². The van der Waals surface area contributed by atoms with Gasteiger partial charge in [-0.3, -0.25) is 4.98 Å². The number of nitrogens with one attached hydrogen (secondary N) is 1. The number of anilines is 1. The summed E-state index contributed by atoms with van der Waals surface area (Å²) in [7, 11) is 0. The molecule has 0 radical (unpaired) electrons. The second-order valence-electron chi connectivity index (χ2n) is 7.14. The van der Waals surface area contributed by atoms with Gasteiger partial charge in [-0.1, -0.05) is 25.3 Å². The lowest BCUT2D eigenvalue weighted by Crippen LogP contribution is -2.33. The molecule has 0 saturated heterocycles. The van der Waals surface area contributed by atoms with Crippen molar-refractivity contribution in [3.63, 3.8) is 0 Å². The van der Waals surface area contributed by atoms with E-state index in [0.717, 1.165) is 34.7 Å². The highest BCUT2D eigenvalue weighted by molar-refractivity contribution is 7.16. The van der Waals surface area contributed by atoms with Crippen molar-refractivity contribution in [2.24, 2.45) is 5.41 Å². The quantitative estimate of drug-likeness (QED) is 0.670. The van der Waals surface area contributed by atoms with Gasteiger partial charge in [0.15, 0.2) is 5.82 Å². The van der Waals surface area contributed by atoms with E-state index in [4.69, 9.17) is 4.98 Å². The number of rotatable bonds is 6. The molecule has 4 rings (SSSR count). The van der Waals surface area contributed by atoms with Gasteiger partial charge in [0.25, 0.3) is 0 Å². The molecule has 5 nitrogen and oxygen atoms in total. The molecule has 3 aromatic rings. The maximum absolute atomic E-state index is 9.55. The van der Waals surface area contributed by atoms with E-state index in [1.54, 1.807) is 17.5 Å². The van der Waals surface area contributed by atoms with E-state index in [1.807, 2.05) is 18.2 Å². The third kappa shape index (κ3) is 3.57. The fourth-order valence-electron chi connectivity index (χ4n) is 3.93. The number of thiophene rings is 1. The predicted octanol–water partition coefficient (Wildman–Crippen LogP) is 4.50. The Kier molecular flexibility index (Phi) is 5.13. The first-order valence-electron chi connectivity index (χ1n) is 9.31. The van der Waals surface area contributed by atoms with E-state index >= 15 is 0 Å². The van der Waals surface area contributed by atoms with Gasteiger partial charge in [0.2, 0.25) is 0 Å². The first kappa shape index (κ1) is 17.4. The summed E-state index contributed by atoms with van der Waals surface area (Å²) in [6.45, 7) is 1.09. The fourth-order valence-corrected chi connectivity index (χ4v) is 4.69. The van der Waals surface area contributed by atoms with Crippen molar-refractivity contribution in [2.45, 2.75) is 38.5 Å². The van der Waals surface area contributed by atoms with E-state index < -0.39 is 0 Å². The summed E-state index contributed by atoms with van der Waals surface area (Å²) in [6.07, 6.45) is 8.76. The van der Waals surface area contributed by atoms with Gasteiger partial charge in [-0.25, -0.2) is 9.97 Å². The van der Waals surface area contributed by atoms with Crippen LogP contribution in [0.15, 0.2) is 35.8 Å². The molecule has 2 N–H and O–H groups in total. The van der Waals surface area contributed by atoms with E-state index in [-0.39, 0.29) is 12.0 Å². The molecule has 0 unspecified atom stereocenters. The third-order valence-corrected chi connectivity index (χ3v) is 6.21. The van der Waals surface area contributed by atoms with Crippen molar-refractivity contribution in [1.29, 1.82) is 0 Å². The summed E-state index contributed by atoms with van der Waals surface area (Å²) in [5.74, 6) is 1.53. The van der Waals surface area contributed by atoms with Crippen LogP contribution in [0.2, 0.25) is 0 Å². The van der Waals surface area contributed by atoms with Crippen LogP contribution in [0.25, 0.3) is 21.7 Å². The smallest absolute Gasteiger partial charge is 0.181 e. The number of nitrogens with zero attached hydrogens (tertiary/aromatic N) is 3. The van der Waals surface area contributed by atoms with Gasteiger partial charge in [0.1, 0.15) is 16.3 Å². The van der Waals surface area contributed by atoms with Crippen LogP contribution in [-0.2, 0) is 0 Å². The van der Waals surface area contributed by atoms with Gasteiger partial charge >= 0.3 is 0 Å². The average molecular weight is 369 g/mol. The van der Waals surface area contributed by atoms with Gasteiger partial charge in [-0.2, -0.15) is 0 Å².